The Morgan fingerprint density at radius 2 is 1.96 bits per heavy atom. The lowest BCUT2D eigenvalue weighted by molar-refractivity contribution is 0.565. The molecule has 0 saturated heterocycles. The number of hydrogen-bond acceptors (Lipinski definition) is 4. The molecule has 1 aromatic heterocycles. The minimum Gasteiger partial charge on any atom is -0.333 e. The zero-order valence-electron chi connectivity index (χ0n) is 13.9. The average molecular weight is 365 g/mol. The molecule has 130 valence electrons. The third-order valence-corrected chi connectivity index (χ3v) is 5.15. The first kappa shape index (κ1) is 16.5. The van der Waals surface area contributed by atoms with Gasteiger partial charge in [0.25, 0.3) is 5.56 Å². The Bertz CT molecular complexity index is 1130. The summed E-state index contributed by atoms with van der Waals surface area (Å²) in [5.41, 5.74) is 1.71. The van der Waals surface area contributed by atoms with Crippen LogP contribution in [0.5, 0.6) is 0 Å². The molecular weight excluding hydrogens is 349 g/mol. The molecule has 0 N–H and O–H groups in total. The van der Waals surface area contributed by atoms with Crippen LogP contribution in [0.3, 0.4) is 0 Å². The van der Waals surface area contributed by atoms with Crippen LogP contribution in [0.15, 0.2) is 70.5 Å². The van der Waals surface area contributed by atoms with E-state index in [0.29, 0.717) is 28.4 Å². The van der Waals surface area contributed by atoms with Crippen molar-refractivity contribution in [3.63, 3.8) is 0 Å². The fourth-order valence-corrected chi connectivity index (χ4v) is 3.69. The molecule has 0 spiro atoms. The Kier molecular flexibility index (Phi) is 4.50. The van der Waals surface area contributed by atoms with Crippen LogP contribution in [0.4, 0.5) is 10.1 Å². The van der Waals surface area contributed by atoms with E-state index in [4.69, 9.17) is 0 Å². The lowest BCUT2D eigenvalue weighted by Gasteiger charge is -2.25. The highest BCUT2D eigenvalue weighted by Crippen LogP contribution is 2.16. The molecular formula is C20H16FN3OS. The normalized spacial score (nSPS) is 14.5. The summed E-state index contributed by atoms with van der Waals surface area (Å²) in [5, 5.41) is 0. The highest BCUT2D eigenvalue weighted by molar-refractivity contribution is 7.07. The second kappa shape index (κ2) is 7.09. The summed E-state index contributed by atoms with van der Waals surface area (Å²) in [4.78, 5) is 19.7. The molecule has 4 nitrogen and oxygen atoms in total. The first-order valence-electron chi connectivity index (χ1n) is 8.19. The molecule has 0 amide bonds. The molecule has 4 rings (SSSR count). The molecule has 6 heteroatoms. The van der Waals surface area contributed by atoms with Gasteiger partial charge in [0.15, 0.2) is 4.80 Å². The van der Waals surface area contributed by atoms with Gasteiger partial charge in [-0.2, -0.15) is 0 Å². The summed E-state index contributed by atoms with van der Waals surface area (Å²) in [6.45, 7) is 0.774. The highest BCUT2D eigenvalue weighted by Gasteiger charge is 2.15. The summed E-state index contributed by atoms with van der Waals surface area (Å²) >= 11 is 1.37. The molecule has 2 heterocycles. The first-order valence-corrected chi connectivity index (χ1v) is 9.00. The molecule has 26 heavy (non-hydrogen) atoms. The van der Waals surface area contributed by atoms with Crippen LogP contribution in [-0.4, -0.2) is 11.2 Å². The monoisotopic (exact) mass is 365 g/mol. The fourth-order valence-electron chi connectivity index (χ4n) is 2.77. The van der Waals surface area contributed by atoms with Crippen LogP contribution in [-0.2, 0) is 6.67 Å². The zero-order chi connectivity index (χ0) is 17.9. The van der Waals surface area contributed by atoms with E-state index in [-0.39, 0.29) is 11.4 Å². The molecule has 1 aliphatic heterocycles. The van der Waals surface area contributed by atoms with Gasteiger partial charge in [-0.05, 0) is 29.8 Å². The van der Waals surface area contributed by atoms with Gasteiger partial charge in [-0.25, -0.2) is 9.38 Å². The molecule has 0 atom stereocenters. The molecule has 0 aliphatic carbocycles. The smallest absolute Gasteiger partial charge is 0.271 e. The minimum absolute atomic E-state index is 0.0763. The SMILES string of the molecule is O=c1c(=CC=Cc2ccccc2)sc2n1CN(c1cccc(F)c1)CN=2. The summed E-state index contributed by atoms with van der Waals surface area (Å²) in [6.07, 6.45) is 5.64. The van der Waals surface area contributed by atoms with Crippen molar-refractivity contribution in [3.05, 3.63) is 91.7 Å². The number of halogens is 1. The van der Waals surface area contributed by atoms with Crippen LogP contribution in [0.2, 0.25) is 0 Å². The van der Waals surface area contributed by atoms with E-state index in [0.717, 1.165) is 5.56 Å². The number of benzene rings is 2. The first-order chi connectivity index (χ1) is 12.7. The molecule has 0 radical (unpaired) electrons. The summed E-state index contributed by atoms with van der Waals surface area (Å²) in [6, 6.07) is 16.2. The van der Waals surface area contributed by atoms with E-state index in [1.807, 2.05) is 59.5 Å². The fraction of sp³-hybridized carbons (Fsp3) is 0.100. The lowest BCUT2D eigenvalue weighted by atomic mass is 10.2. The van der Waals surface area contributed by atoms with Gasteiger partial charge in [0.2, 0.25) is 0 Å². The second-order valence-corrected chi connectivity index (χ2v) is 6.89. The summed E-state index contributed by atoms with van der Waals surface area (Å²) < 4.78 is 15.7. The quantitative estimate of drug-likeness (QED) is 0.716. The van der Waals surface area contributed by atoms with Crippen LogP contribution < -0.4 is 19.8 Å². The summed E-state index contributed by atoms with van der Waals surface area (Å²) in [7, 11) is 0. The largest absolute Gasteiger partial charge is 0.333 e. The van der Waals surface area contributed by atoms with E-state index in [1.54, 1.807) is 10.6 Å². The third kappa shape index (κ3) is 3.36. The van der Waals surface area contributed by atoms with Crippen molar-refractivity contribution in [1.29, 1.82) is 0 Å². The number of fused-ring (bicyclic) bond motifs is 1. The van der Waals surface area contributed by atoms with Gasteiger partial charge in [0.1, 0.15) is 19.2 Å². The standard InChI is InChI=1S/C20H16FN3OS/c21-16-9-5-10-17(12-16)23-13-22-20-24(14-23)19(25)18(26-20)11-4-8-15-6-2-1-3-7-15/h1-12H,13-14H2. The maximum atomic E-state index is 13.4. The molecule has 0 unspecified atom stereocenters. The number of allylic oxidation sites excluding steroid dienone is 1. The van der Waals surface area contributed by atoms with Crippen LogP contribution >= 0.6 is 11.3 Å². The van der Waals surface area contributed by atoms with E-state index in [9.17, 15) is 9.18 Å². The van der Waals surface area contributed by atoms with Crippen molar-refractivity contribution in [2.24, 2.45) is 4.99 Å². The number of rotatable bonds is 3. The van der Waals surface area contributed by atoms with E-state index >= 15 is 0 Å². The van der Waals surface area contributed by atoms with Crippen molar-refractivity contribution in [2.75, 3.05) is 11.6 Å². The molecule has 0 bridgehead atoms. The van der Waals surface area contributed by atoms with E-state index < -0.39 is 0 Å². The Balaban J connectivity index is 1.62. The van der Waals surface area contributed by atoms with Gasteiger partial charge >= 0.3 is 0 Å². The second-order valence-electron chi connectivity index (χ2n) is 5.88. The van der Waals surface area contributed by atoms with Gasteiger partial charge in [0, 0.05) is 5.69 Å². The Morgan fingerprint density at radius 3 is 2.77 bits per heavy atom. The van der Waals surface area contributed by atoms with Gasteiger partial charge in [-0.1, -0.05) is 59.9 Å². The Labute approximate surface area is 153 Å². The van der Waals surface area contributed by atoms with Crippen LogP contribution in [0, 0.1) is 5.82 Å². The molecule has 2 aromatic carbocycles. The molecule has 3 aromatic rings. The van der Waals surface area contributed by atoms with E-state index in [2.05, 4.69) is 4.99 Å². The van der Waals surface area contributed by atoms with Crippen LogP contribution in [0.25, 0.3) is 12.2 Å². The van der Waals surface area contributed by atoms with Gasteiger partial charge in [0.05, 0.1) is 4.53 Å². The average Bonchev–Trinajstić information content (AvgIpc) is 2.98. The van der Waals surface area contributed by atoms with Gasteiger partial charge in [-0.15, -0.1) is 0 Å². The predicted octanol–water partition coefficient (Wildman–Crippen LogP) is 2.60. The van der Waals surface area contributed by atoms with Gasteiger partial charge in [-0.3, -0.25) is 9.36 Å². The molecule has 0 fully saturated rings. The lowest BCUT2D eigenvalue weighted by Crippen LogP contribution is -2.42. The van der Waals surface area contributed by atoms with Crippen molar-refractivity contribution in [1.82, 2.24) is 4.57 Å². The maximum Gasteiger partial charge on any atom is 0.271 e. The Hall–Kier alpha value is -2.99. The number of hydrogen-bond donors (Lipinski definition) is 0. The van der Waals surface area contributed by atoms with Crippen molar-refractivity contribution in [3.8, 4) is 0 Å². The van der Waals surface area contributed by atoms with Crippen LogP contribution in [0.1, 0.15) is 5.56 Å². The third-order valence-electron chi connectivity index (χ3n) is 4.09. The number of anilines is 1. The maximum absolute atomic E-state index is 13.4. The number of nitrogens with zero attached hydrogens (tertiary/aromatic N) is 3. The minimum atomic E-state index is -0.300. The molecule has 0 saturated carbocycles. The van der Waals surface area contributed by atoms with E-state index in [1.165, 1.54) is 23.5 Å². The molecule has 1 aliphatic rings. The van der Waals surface area contributed by atoms with Crippen molar-refractivity contribution in [2.45, 2.75) is 6.67 Å². The number of thiazole rings is 1. The highest BCUT2D eigenvalue weighted by atomic mass is 32.1. The predicted molar refractivity (Wildman–Crippen MR) is 103 cm³/mol. The topological polar surface area (TPSA) is 37.6 Å². The van der Waals surface area contributed by atoms with Crippen molar-refractivity contribution >= 4 is 29.2 Å². The summed E-state index contributed by atoms with van der Waals surface area (Å²) in [5.74, 6) is -0.300. The van der Waals surface area contributed by atoms with Crippen molar-refractivity contribution < 1.29 is 4.39 Å². The Morgan fingerprint density at radius 1 is 1.12 bits per heavy atom. The zero-order valence-corrected chi connectivity index (χ0v) is 14.7. The van der Waals surface area contributed by atoms with Gasteiger partial charge < -0.3 is 4.90 Å². The number of aromatic nitrogens is 1.